The van der Waals surface area contributed by atoms with E-state index in [2.05, 4.69) is 15.8 Å². The van der Waals surface area contributed by atoms with Gasteiger partial charge in [0.2, 0.25) is 0 Å². The van der Waals surface area contributed by atoms with E-state index in [0.29, 0.717) is 26.9 Å². The average molecular weight is 528 g/mol. The minimum Gasteiger partial charge on any atom is -0.481 e. The molecule has 8 nitrogen and oxygen atoms in total. The third-order valence-corrected chi connectivity index (χ3v) is 6.52. The van der Waals surface area contributed by atoms with Gasteiger partial charge in [0.05, 0.1) is 18.4 Å². The molecule has 1 atom stereocenters. The molecule has 3 aromatic rings. The van der Waals surface area contributed by atoms with Crippen LogP contribution in [0.2, 0.25) is 5.02 Å². The number of carbonyl (C=O) groups is 3. The SMILES string of the molecule is CCOC(=O)c1c(NC(=O)c2ccc(OC(C)C(=O)NN=Cc3ccc(Cl)cc3)cc2)sc(C)c1C. The maximum atomic E-state index is 12.8. The molecule has 0 saturated heterocycles. The topological polar surface area (TPSA) is 106 Å². The molecule has 1 unspecified atom stereocenters. The zero-order chi connectivity index (χ0) is 26.2. The van der Waals surface area contributed by atoms with Crippen molar-refractivity contribution in [2.24, 2.45) is 5.10 Å². The van der Waals surface area contributed by atoms with Gasteiger partial charge >= 0.3 is 5.97 Å². The Morgan fingerprint density at radius 2 is 1.75 bits per heavy atom. The molecule has 0 aliphatic carbocycles. The Bertz CT molecular complexity index is 1270. The van der Waals surface area contributed by atoms with Crippen molar-refractivity contribution >= 4 is 51.9 Å². The highest BCUT2D eigenvalue weighted by Crippen LogP contribution is 2.33. The summed E-state index contributed by atoms with van der Waals surface area (Å²) in [6, 6.07) is 13.3. The van der Waals surface area contributed by atoms with E-state index >= 15 is 0 Å². The molecule has 1 aromatic heterocycles. The largest absolute Gasteiger partial charge is 0.481 e. The summed E-state index contributed by atoms with van der Waals surface area (Å²) in [5.74, 6) is -0.873. The molecule has 0 saturated carbocycles. The van der Waals surface area contributed by atoms with E-state index in [-0.39, 0.29) is 12.5 Å². The van der Waals surface area contributed by atoms with Gasteiger partial charge in [-0.1, -0.05) is 23.7 Å². The Morgan fingerprint density at radius 1 is 1.08 bits per heavy atom. The van der Waals surface area contributed by atoms with Crippen LogP contribution < -0.4 is 15.5 Å². The van der Waals surface area contributed by atoms with Crippen LogP contribution >= 0.6 is 22.9 Å². The number of benzene rings is 2. The fraction of sp³-hybridized carbons (Fsp3) is 0.231. The minimum atomic E-state index is -0.823. The maximum Gasteiger partial charge on any atom is 0.341 e. The van der Waals surface area contributed by atoms with Gasteiger partial charge < -0.3 is 14.8 Å². The number of aryl methyl sites for hydroxylation is 1. The predicted octanol–water partition coefficient (Wildman–Crippen LogP) is 5.36. The highest BCUT2D eigenvalue weighted by molar-refractivity contribution is 7.16. The number of hydrogen-bond acceptors (Lipinski definition) is 7. The summed E-state index contributed by atoms with van der Waals surface area (Å²) in [5, 5.41) is 7.77. The quantitative estimate of drug-likeness (QED) is 0.221. The van der Waals surface area contributed by atoms with Crippen molar-refractivity contribution in [3.05, 3.63) is 80.7 Å². The summed E-state index contributed by atoms with van der Waals surface area (Å²) >= 11 is 7.16. The van der Waals surface area contributed by atoms with Crippen LogP contribution in [0.5, 0.6) is 5.75 Å². The lowest BCUT2D eigenvalue weighted by Crippen LogP contribution is -2.33. The molecular formula is C26H26ClN3O5S. The number of halogens is 1. The number of ether oxygens (including phenoxy) is 2. The standard InChI is InChI=1S/C26H26ClN3O5S/c1-5-34-26(33)22-15(2)17(4)36-25(22)29-24(32)19-8-12-21(13-9-19)35-16(3)23(31)30-28-14-18-6-10-20(27)11-7-18/h6-14,16H,5H2,1-4H3,(H,29,32)(H,30,31). The molecule has 0 aliphatic rings. The first kappa shape index (κ1) is 26.9. The van der Waals surface area contributed by atoms with Crippen LogP contribution in [-0.2, 0) is 9.53 Å². The fourth-order valence-electron chi connectivity index (χ4n) is 3.09. The van der Waals surface area contributed by atoms with Crippen LogP contribution in [-0.4, -0.2) is 36.7 Å². The van der Waals surface area contributed by atoms with Gasteiger partial charge in [-0.15, -0.1) is 11.3 Å². The number of amides is 2. The van der Waals surface area contributed by atoms with Crippen molar-refractivity contribution in [3.8, 4) is 5.75 Å². The molecule has 3 rings (SSSR count). The summed E-state index contributed by atoms with van der Waals surface area (Å²) in [6.45, 7) is 7.26. The fourth-order valence-corrected chi connectivity index (χ4v) is 4.26. The number of esters is 1. The molecule has 2 aromatic carbocycles. The molecule has 2 amide bonds. The van der Waals surface area contributed by atoms with Crippen LogP contribution in [0, 0.1) is 13.8 Å². The zero-order valence-corrected chi connectivity index (χ0v) is 21.8. The summed E-state index contributed by atoms with van der Waals surface area (Å²) in [7, 11) is 0. The molecular weight excluding hydrogens is 502 g/mol. The number of hydrazone groups is 1. The first-order chi connectivity index (χ1) is 17.2. The van der Waals surface area contributed by atoms with Gasteiger partial charge in [0.15, 0.2) is 6.10 Å². The van der Waals surface area contributed by atoms with Crippen molar-refractivity contribution in [3.63, 3.8) is 0 Å². The third kappa shape index (κ3) is 6.93. The molecule has 0 fully saturated rings. The normalized spacial score (nSPS) is 11.7. The third-order valence-electron chi connectivity index (χ3n) is 5.15. The monoisotopic (exact) mass is 527 g/mol. The van der Waals surface area contributed by atoms with Gasteiger partial charge in [-0.3, -0.25) is 9.59 Å². The van der Waals surface area contributed by atoms with E-state index in [4.69, 9.17) is 21.1 Å². The average Bonchev–Trinajstić information content (AvgIpc) is 3.13. The summed E-state index contributed by atoms with van der Waals surface area (Å²) in [6.07, 6.45) is 0.675. The molecule has 36 heavy (non-hydrogen) atoms. The lowest BCUT2D eigenvalue weighted by atomic mass is 10.1. The van der Waals surface area contributed by atoms with Gasteiger partial charge in [-0.25, -0.2) is 10.2 Å². The van der Waals surface area contributed by atoms with Crippen molar-refractivity contribution < 1.29 is 23.9 Å². The smallest absolute Gasteiger partial charge is 0.341 e. The van der Waals surface area contributed by atoms with Gasteiger partial charge in [-0.2, -0.15) is 5.10 Å². The second kappa shape index (κ2) is 12.3. The Kier molecular flexibility index (Phi) is 9.21. The van der Waals surface area contributed by atoms with E-state index in [0.717, 1.165) is 16.0 Å². The molecule has 0 radical (unpaired) electrons. The van der Waals surface area contributed by atoms with Crippen molar-refractivity contribution in [1.29, 1.82) is 0 Å². The molecule has 0 spiro atoms. The Labute approximate surface area is 218 Å². The lowest BCUT2D eigenvalue weighted by Gasteiger charge is -2.13. The summed E-state index contributed by atoms with van der Waals surface area (Å²) < 4.78 is 10.8. The maximum absolute atomic E-state index is 12.8. The highest BCUT2D eigenvalue weighted by atomic mass is 35.5. The lowest BCUT2D eigenvalue weighted by molar-refractivity contribution is -0.127. The van der Waals surface area contributed by atoms with Crippen LogP contribution in [0.15, 0.2) is 53.6 Å². The number of nitrogens with zero attached hydrogens (tertiary/aromatic N) is 1. The van der Waals surface area contributed by atoms with Crippen LogP contribution in [0.1, 0.15) is 50.6 Å². The highest BCUT2D eigenvalue weighted by Gasteiger charge is 2.22. The van der Waals surface area contributed by atoms with E-state index in [9.17, 15) is 14.4 Å². The van der Waals surface area contributed by atoms with Crippen LogP contribution in [0.3, 0.4) is 0 Å². The van der Waals surface area contributed by atoms with Gasteiger partial charge in [0.1, 0.15) is 10.8 Å². The van der Waals surface area contributed by atoms with Gasteiger partial charge in [0, 0.05) is 15.5 Å². The second-order valence-corrected chi connectivity index (χ2v) is 9.39. The van der Waals surface area contributed by atoms with Crippen molar-refractivity contribution in [1.82, 2.24) is 5.43 Å². The number of hydrogen-bond donors (Lipinski definition) is 2. The first-order valence-electron chi connectivity index (χ1n) is 11.1. The number of carbonyl (C=O) groups excluding carboxylic acids is 3. The van der Waals surface area contributed by atoms with Gasteiger partial charge in [-0.05, 0) is 75.2 Å². The summed E-state index contributed by atoms with van der Waals surface area (Å²) in [4.78, 5) is 38.3. The Balaban J connectivity index is 1.58. The van der Waals surface area contributed by atoms with E-state index < -0.39 is 18.0 Å². The molecule has 1 heterocycles. The molecule has 0 bridgehead atoms. The molecule has 188 valence electrons. The second-order valence-electron chi connectivity index (χ2n) is 7.73. The number of rotatable bonds is 9. The van der Waals surface area contributed by atoms with Gasteiger partial charge in [0.25, 0.3) is 11.8 Å². The van der Waals surface area contributed by atoms with Crippen molar-refractivity contribution in [2.45, 2.75) is 33.8 Å². The zero-order valence-electron chi connectivity index (χ0n) is 20.3. The first-order valence-corrected chi connectivity index (χ1v) is 12.3. The Morgan fingerprint density at radius 3 is 2.39 bits per heavy atom. The Hall–Kier alpha value is -3.69. The van der Waals surface area contributed by atoms with E-state index in [1.165, 1.54) is 17.6 Å². The number of anilines is 1. The van der Waals surface area contributed by atoms with Crippen LogP contribution in [0.4, 0.5) is 5.00 Å². The van der Waals surface area contributed by atoms with Crippen LogP contribution in [0.25, 0.3) is 0 Å². The van der Waals surface area contributed by atoms with E-state index in [1.54, 1.807) is 62.4 Å². The predicted molar refractivity (Wildman–Crippen MR) is 141 cm³/mol. The molecule has 2 N–H and O–H groups in total. The summed E-state index contributed by atoms with van der Waals surface area (Å²) in [5.41, 5.74) is 4.72. The molecule has 10 heteroatoms. The molecule has 0 aliphatic heterocycles. The minimum absolute atomic E-state index is 0.243. The van der Waals surface area contributed by atoms with E-state index in [1.807, 2.05) is 13.8 Å². The van der Waals surface area contributed by atoms with Crippen molar-refractivity contribution in [2.75, 3.05) is 11.9 Å². The number of nitrogens with one attached hydrogen (secondary N) is 2. The number of thiophene rings is 1.